The minimum absolute atomic E-state index is 0.182. The topological polar surface area (TPSA) is 38.3 Å². The number of amides is 1. The Kier molecular flexibility index (Phi) is 5.11. The molecule has 0 saturated heterocycles. The Morgan fingerprint density at radius 3 is 2.88 bits per heavy atom. The number of hydrogen-bond donors (Lipinski definition) is 2. The molecule has 0 bridgehead atoms. The number of ether oxygens (including phenoxy) is 1. The summed E-state index contributed by atoms with van der Waals surface area (Å²) in [6.45, 7) is 2.18. The molecule has 0 fully saturated rings. The van der Waals surface area contributed by atoms with Crippen LogP contribution in [0.25, 0.3) is 0 Å². The van der Waals surface area contributed by atoms with Crippen LogP contribution < -0.4 is 10.1 Å². The van der Waals surface area contributed by atoms with E-state index < -0.39 is 5.82 Å². The second kappa shape index (κ2) is 6.37. The van der Waals surface area contributed by atoms with Crippen molar-refractivity contribution >= 4 is 24.2 Å². The van der Waals surface area contributed by atoms with Crippen LogP contribution in [0.1, 0.15) is 13.3 Å². The standard InChI is InChI=1S/C11H14FNO2S/c1-2-15-10-4-3-8(7-9(10)12)13-11(14)5-6-16/h3-4,7,16H,2,5-6H2,1H3,(H,13,14). The van der Waals surface area contributed by atoms with Crippen LogP contribution in [0.3, 0.4) is 0 Å². The first-order chi connectivity index (χ1) is 7.67. The largest absolute Gasteiger partial charge is 0.491 e. The lowest BCUT2D eigenvalue weighted by Crippen LogP contribution is -2.11. The summed E-state index contributed by atoms with van der Waals surface area (Å²) in [6.07, 6.45) is 0.304. The van der Waals surface area contributed by atoms with Gasteiger partial charge in [0.25, 0.3) is 0 Å². The second-order valence-corrected chi connectivity index (χ2v) is 3.55. The van der Waals surface area contributed by atoms with Crippen molar-refractivity contribution in [2.24, 2.45) is 0 Å². The minimum Gasteiger partial charge on any atom is -0.491 e. The first-order valence-corrected chi connectivity index (χ1v) is 5.63. The summed E-state index contributed by atoms with van der Waals surface area (Å²) in [4.78, 5) is 11.2. The molecule has 0 heterocycles. The molecule has 0 radical (unpaired) electrons. The highest BCUT2D eigenvalue weighted by molar-refractivity contribution is 7.80. The number of anilines is 1. The molecule has 1 aromatic rings. The smallest absolute Gasteiger partial charge is 0.225 e. The van der Waals surface area contributed by atoms with Gasteiger partial charge < -0.3 is 10.1 Å². The summed E-state index contributed by atoms with van der Waals surface area (Å²) in [7, 11) is 0. The van der Waals surface area contributed by atoms with Gasteiger partial charge in [0, 0.05) is 18.2 Å². The number of hydrogen-bond acceptors (Lipinski definition) is 3. The number of carbonyl (C=O) groups is 1. The molecule has 1 aromatic carbocycles. The molecule has 16 heavy (non-hydrogen) atoms. The molecule has 0 aliphatic carbocycles. The maximum Gasteiger partial charge on any atom is 0.225 e. The van der Waals surface area contributed by atoms with E-state index in [0.29, 0.717) is 24.5 Å². The molecule has 0 spiro atoms. The Labute approximate surface area is 99.4 Å². The molecule has 1 N–H and O–H groups in total. The van der Waals surface area contributed by atoms with E-state index >= 15 is 0 Å². The van der Waals surface area contributed by atoms with Crippen LogP contribution in [0.15, 0.2) is 18.2 Å². The van der Waals surface area contributed by atoms with Crippen molar-refractivity contribution in [3.63, 3.8) is 0 Å². The first-order valence-electron chi connectivity index (χ1n) is 5.00. The van der Waals surface area contributed by atoms with Crippen LogP contribution in [0.5, 0.6) is 5.75 Å². The third kappa shape index (κ3) is 3.73. The molecule has 1 amide bonds. The van der Waals surface area contributed by atoms with E-state index in [4.69, 9.17) is 4.74 Å². The van der Waals surface area contributed by atoms with Gasteiger partial charge in [0.05, 0.1) is 6.61 Å². The van der Waals surface area contributed by atoms with Gasteiger partial charge in [-0.2, -0.15) is 12.6 Å². The molecule has 3 nitrogen and oxygen atoms in total. The van der Waals surface area contributed by atoms with Crippen molar-refractivity contribution in [3.05, 3.63) is 24.0 Å². The zero-order valence-electron chi connectivity index (χ0n) is 9.00. The molecule has 0 saturated carbocycles. The fourth-order valence-electron chi connectivity index (χ4n) is 1.18. The van der Waals surface area contributed by atoms with E-state index in [-0.39, 0.29) is 11.7 Å². The molecule has 0 atom stereocenters. The average Bonchev–Trinajstić information content (AvgIpc) is 2.22. The van der Waals surface area contributed by atoms with Crippen LogP contribution >= 0.6 is 12.6 Å². The molecule has 1 rings (SSSR count). The highest BCUT2D eigenvalue weighted by Crippen LogP contribution is 2.21. The van der Waals surface area contributed by atoms with Crippen molar-refractivity contribution in [1.29, 1.82) is 0 Å². The average molecular weight is 243 g/mol. The van der Waals surface area contributed by atoms with Crippen LogP contribution in [0.4, 0.5) is 10.1 Å². The number of rotatable bonds is 5. The van der Waals surface area contributed by atoms with Crippen molar-refractivity contribution in [1.82, 2.24) is 0 Å². The Morgan fingerprint density at radius 2 is 2.31 bits per heavy atom. The van der Waals surface area contributed by atoms with Gasteiger partial charge in [0.2, 0.25) is 5.91 Å². The number of benzene rings is 1. The number of halogens is 1. The van der Waals surface area contributed by atoms with Crippen LogP contribution in [-0.2, 0) is 4.79 Å². The Balaban J connectivity index is 2.69. The highest BCUT2D eigenvalue weighted by atomic mass is 32.1. The Bertz CT molecular complexity index is 371. The van der Waals surface area contributed by atoms with Gasteiger partial charge in [-0.15, -0.1) is 0 Å². The normalized spacial score (nSPS) is 9.94. The SMILES string of the molecule is CCOc1ccc(NC(=O)CCS)cc1F. The molecule has 88 valence electrons. The monoisotopic (exact) mass is 243 g/mol. The zero-order chi connectivity index (χ0) is 12.0. The van der Waals surface area contributed by atoms with Gasteiger partial charge in [-0.1, -0.05) is 0 Å². The quantitative estimate of drug-likeness (QED) is 0.780. The molecular formula is C11H14FNO2S. The molecule has 0 aliphatic heterocycles. The maximum absolute atomic E-state index is 13.4. The van der Waals surface area contributed by atoms with E-state index in [1.54, 1.807) is 13.0 Å². The molecule has 5 heteroatoms. The lowest BCUT2D eigenvalue weighted by Gasteiger charge is -2.07. The fraction of sp³-hybridized carbons (Fsp3) is 0.364. The molecule has 0 aromatic heterocycles. The fourth-order valence-corrected chi connectivity index (χ4v) is 1.38. The summed E-state index contributed by atoms with van der Waals surface area (Å²) in [5.74, 6) is -0.00972. The van der Waals surface area contributed by atoms with Gasteiger partial charge in [-0.25, -0.2) is 4.39 Å². The van der Waals surface area contributed by atoms with Crippen LogP contribution in [-0.4, -0.2) is 18.3 Å². The molecule has 0 unspecified atom stereocenters. The van der Waals surface area contributed by atoms with Crippen molar-refractivity contribution in [2.45, 2.75) is 13.3 Å². The number of nitrogens with one attached hydrogen (secondary N) is 1. The number of thiol groups is 1. The van der Waals surface area contributed by atoms with E-state index in [9.17, 15) is 9.18 Å². The lowest BCUT2D eigenvalue weighted by atomic mass is 10.3. The minimum atomic E-state index is -0.481. The van der Waals surface area contributed by atoms with E-state index in [0.717, 1.165) is 0 Å². The third-order valence-electron chi connectivity index (χ3n) is 1.85. The third-order valence-corrected chi connectivity index (χ3v) is 2.08. The second-order valence-electron chi connectivity index (χ2n) is 3.10. The molecular weight excluding hydrogens is 229 g/mol. The molecule has 0 aliphatic rings. The summed E-state index contributed by atoms with van der Waals surface area (Å²) < 4.78 is 18.4. The van der Waals surface area contributed by atoms with Gasteiger partial charge in [0.1, 0.15) is 0 Å². The van der Waals surface area contributed by atoms with Gasteiger partial charge in [0.15, 0.2) is 11.6 Å². The number of carbonyl (C=O) groups excluding carboxylic acids is 1. The van der Waals surface area contributed by atoms with E-state index in [1.807, 2.05) is 0 Å². The van der Waals surface area contributed by atoms with Crippen molar-refractivity contribution in [2.75, 3.05) is 17.7 Å². The summed E-state index contributed by atoms with van der Waals surface area (Å²) >= 11 is 3.94. The zero-order valence-corrected chi connectivity index (χ0v) is 9.89. The Morgan fingerprint density at radius 1 is 1.56 bits per heavy atom. The Hall–Kier alpha value is -1.23. The van der Waals surface area contributed by atoms with Gasteiger partial charge >= 0.3 is 0 Å². The summed E-state index contributed by atoms with van der Waals surface area (Å²) in [5.41, 5.74) is 0.424. The van der Waals surface area contributed by atoms with E-state index in [1.165, 1.54) is 12.1 Å². The predicted octanol–water partition coefficient (Wildman–Crippen LogP) is 2.48. The van der Waals surface area contributed by atoms with Crippen molar-refractivity contribution in [3.8, 4) is 5.75 Å². The summed E-state index contributed by atoms with van der Waals surface area (Å²) in [6, 6.07) is 4.33. The van der Waals surface area contributed by atoms with Crippen LogP contribution in [0.2, 0.25) is 0 Å². The predicted molar refractivity (Wildman–Crippen MR) is 64.7 cm³/mol. The maximum atomic E-state index is 13.4. The first kappa shape index (κ1) is 12.8. The van der Waals surface area contributed by atoms with Crippen LogP contribution in [0, 0.1) is 5.82 Å². The van der Waals surface area contributed by atoms with Crippen molar-refractivity contribution < 1.29 is 13.9 Å². The van der Waals surface area contributed by atoms with Gasteiger partial charge in [-0.3, -0.25) is 4.79 Å². The van der Waals surface area contributed by atoms with E-state index in [2.05, 4.69) is 17.9 Å². The lowest BCUT2D eigenvalue weighted by molar-refractivity contribution is -0.115. The van der Waals surface area contributed by atoms with Gasteiger partial charge in [-0.05, 0) is 24.8 Å². The summed E-state index contributed by atoms with van der Waals surface area (Å²) in [5, 5.41) is 2.57. The highest BCUT2D eigenvalue weighted by Gasteiger charge is 2.06.